The molecule has 2 aromatic heterocycles. The Hall–Kier alpha value is -4.10. The van der Waals surface area contributed by atoms with Crippen LogP contribution in [0.4, 0.5) is 11.6 Å². The van der Waals surface area contributed by atoms with E-state index in [1.165, 1.54) is 12.1 Å². The smallest absolute Gasteiger partial charge is 0.335 e. The minimum absolute atomic E-state index is 0.212. The number of nitrogens with one attached hydrogen (secondary N) is 1. The third-order valence-corrected chi connectivity index (χ3v) is 5.34. The molecule has 0 radical (unpaired) electrons. The van der Waals surface area contributed by atoms with Crippen molar-refractivity contribution >= 4 is 45.5 Å². The van der Waals surface area contributed by atoms with Crippen LogP contribution in [-0.4, -0.2) is 31.2 Å². The Balaban J connectivity index is 1.51. The van der Waals surface area contributed by atoms with Gasteiger partial charge in [0.15, 0.2) is 0 Å². The number of anilines is 2. The van der Waals surface area contributed by atoms with Gasteiger partial charge in [-0.25, -0.2) is 19.8 Å². The van der Waals surface area contributed by atoms with Crippen LogP contribution in [0.2, 0.25) is 0 Å². The predicted molar refractivity (Wildman–Crippen MR) is 124 cm³/mol. The summed E-state index contributed by atoms with van der Waals surface area (Å²) in [6.07, 6.45) is 9.83. The highest BCUT2D eigenvalue weighted by atomic mass is 35.5. The molecule has 32 heavy (non-hydrogen) atoms. The van der Waals surface area contributed by atoms with Crippen LogP contribution in [0, 0.1) is 0 Å². The molecule has 1 aliphatic heterocycles. The molecule has 0 saturated carbocycles. The molecule has 0 unspecified atom stereocenters. The lowest BCUT2D eigenvalue weighted by molar-refractivity contribution is 0.0697. The van der Waals surface area contributed by atoms with Crippen molar-refractivity contribution in [2.24, 2.45) is 4.99 Å². The molecule has 2 N–H and O–H groups in total. The van der Waals surface area contributed by atoms with E-state index in [2.05, 4.69) is 26.4 Å². The molecule has 1 aromatic carbocycles. The molecule has 0 amide bonds. The van der Waals surface area contributed by atoms with Crippen molar-refractivity contribution in [2.45, 2.75) is 6.42 Å². The maximum Gasteiger partial charge on any atom is 0.335 e. The lowest BCUT2D eigenvalue weighted by atomic mass is 9.86. The molecular formula is C24H16ClN5O2. The van der Waals surface area contributed by atoms with E-state index >= 15 is 0 Å². The predicted octanol–water partition coefficient (Wildman–Crippen LogP) is 4.87. The van der Waals surface area contributed by atoms with E-state index in [9.17, 15) is 4.79 Å². The maximum atomic E-state index is 11.1. The SMILES string of the molecule is O=C(O)c1ccc(Nc2ncc3c(n2)C2=CN=C(Cl)C=C(c4ccccn4)C2=CC3)cc1. The average molecular weight is 442 g/mol. The summed E-state index contributed by atoms with van der Waals surface area (Å²) in [7, 11) is 0. The number of nitrogens with zero attached hydrogens (tertiary/aromatic N) is 4. The summed E-state index contributed by atoms with van der Waals surface area (Å²) in [5, 5.41) is 12.6. The molecule has 3 aromatic rings. The fourth-order valence-corrected chi connectivity index (χ4v) is 3.76. The molecule has 1 aliphatic carbocycles. The number of hydrogen-bond acceptors (Lipinski definition) is 6. The van der Waals surface area contributed by atoms with Crippen LogP contribution in [-0.2, 0) is 6.42 Å². The number of halogens is 1. The molecule has 0 atom stereocenters. The van der Waals surface area contributed by atoms with Crippen molar-refractivity contribution < 1.29 is 9.90 Å². The number of aromatic carboxylic acids is 1. The number of rotatable bonds is 4. The van der Waals surface area contributed by atoms with Gasteiger partial charge in [0.05, 0.1) is 17.0 Å². The molecule has 7 nitrogen and oxygen atoms in total. The van der Waals surface area contributed by atoms with Gasteiger partial charge in [-0.3, -0.25) is 4.98 Å². The van der Waals surface area contributed by atoms with Crippen molar-refractivity contribution in [1.82, 2.24) is 15.0 Å². The molecule has 0 bridgehead atoms. The van der Waals surface area contributed by atoms with E-state index in [1.54, 1.807) is 30.7 Å². The van der Waals surface area contributed by atoms with Crippen molar-refractivity contribution in [3.05, 3.63) is 101 Å². The molecular weight excluding hydrogens is 426 g/mol. The zero-order chi connectivity index (χ0) is 22.1. The Kier molecular flexibility index (Phi) is 5.09. The molecule has 0 spiro atoms. The number of fused-ring (bicyclic) bond motifs is 3. The second-order valence-corrected chi connectivity index (χ2v) is 7.55. The minimum atomic E-state index is -0.975. The molecule has 0 saturated heterocycles. The van der Waals surface area contributed by atoms with Gasteiger partial charge in [0.1, 0.15) is 5.17 Å². The van der Waals surface area contributed by atoms with Crippen molar-refractivity contribution in [1.29, 1.82) is 0 Å². The Labute approximate surface area is 188 Å². The van der Waals surface area contributed by atoms with Crippen molar-refractivity contribution in [2.75, 3.05) is 5.32 Å². The Bertz CT molecular complexity index is 1340. The second kappa shape index (κ2) is 8.20. The van der Waals surface area contributed by atoms with E-state index in [1.807, 2.05) is 24.3 Å². The Morgan fingerprint density at radius 2 is 1.88 bits per heavy atom. The quantitative estimate of drug-likeness (QED) is 0.599. The number of benzene rings is 1. The van der Waals surface area contributed by atoms with Crippen LogP contribution in [0.15, 0.2) is 83.8 Å². The van der Waals surface area contributed by atoms with Crippen LogP contribution in [0.5, 0.6) is 0 Å². The fourth-order valence-electron chi connectivity index (χ4n) is 3.60. The number of carboxylic acid groups (broad SMARTS) is 1. The van der Waals surface area contributed by atoms with Gasteiger partial charge in [-0.05, 0) is 54.5 Å². The number of hydrogen-bond donors (Lipinski definition) is 2. The highest BCUT2D eigenvalue weighted by Gasteiger charge is 2.25. The molecule has 0 fully saturated rings. The number of aromatic nitrogens is 3. The first kappa shape index (κ1) is 19.8. The van der Waals surface area contributed by atoms with Crippen molar-refractivity contribution in [3.8, 4) is 0 Å². The van der Waals surface area contributed by atoms with Crippen LogP contribution in [0.25, 0.3) is 11.1 Å². The summed E-state index contributed by atoms with van der Waals surface area (Å²) < 4.78 is 0. The van der Waals surface area contributed by atoms with Gasteiger partial charge in [-0.15, -0.1) is 0 Å². The number of aliphatic imine (C=N–C) groups is 1. The summed E-state index contributed by atoms with van der Waals surface area (Å²) in [5.74, 6) is -0.575. The summed E-state index contributed by atoms with van der Waals surface area (Å²) >= 11 is 6.32. The number of allylic oxidation sites excluding steroid dienone is 5. The van der Waals surface area contributed by atoms with Gasteiger partial charge in [-0.2, -0.15) is 0 Å². The van der Waals surface area contributed by atoms with Crippen molar-refractivity contribution in [3.63, 3.8) is 0 Å². The molecule has 3 heterocycles. The van der Waals surface area contributed by atoms with Gasteiger partial charge in [0.25, 0.3) is 0 Å². The van der Waals surface area contributed by atoms with E-state index in [-0.39, 0.29) is 5.56 Å². The number of pyridine rings is 1. The summed E-state index contributed by atoms with van der Waals surface area (Å²) in [4.78, 5) is 29.1. The molecule has 8 heteroatoms. The minimum Gasteiger partial charge on any atom is -0.478 e. The lowest BCUT2D eigenvalue weighted by Crippen LogP contribution is -2.10. The van der Waals surface area contributed by atoms with Crippen LogP contribution < -0.4 is 5.32 Å². The highest BCUT2D eigenvalue weighted by molar-refractivity contribution is 6.69. The largest absolute Gasteiger partial charge is 0.478 e. The van der Waals surface area contributed by atoms with Gasteiger partial charge in [0, 0.05) is 41.0 Å². The van der Waals surface area contributed by atoms with Crippen LogP contribution in [0.1, 0.15) is 27.3 Å². The Morgan fingerprint density at radius 1 is 1.03 bits per heavy atom. The monoisotopic (exact) mass is 441 g/mol. The van der Waals surface area contributed by atoms with E-state index < -0.39 is 5.97 Å². The first-order valence-corrected chi connectivity index (χ1v) is 10.2. The first-order valence-electron chi connectivity index (χ1n) is 9.82. The Morgan fingerprint density at radius 3 is 2.62 bits per heavy atom. The lowest BCUT2D eigenvalue weighted by Gasteiger charge is -2.21. The zero-order valence-corrected chi connectivity index (χ0v) is 17.4. The topological polar surface area (TPSA) is 100 Å². The van der Waals surface area contributed by atoms with E-state index in [0.717, 1.165) is 33.7 Å². The third-order valence-electron chi connectivity index (χ3n) is 5.14. The molecule has 2 aliphatic rings. The third kappa shape index (κ3) is 3.81. The van der Waals surface area contributed by atoms with E-state index in [4.69, 9.17) is 21.7 Å². The van der Waals surface area contributed by atoms with Gasteiger partial charge < -0.3 is 10.4 Å². The van der Waals surface area contributed by atoms with Crippen LogP contribution in [0.3, 0.4) is 0 Å². The second-order valence-electron chi connectivity index (χ2n) is 7.16. The normalized spacial score (nSPS) is 14.7. The molecule has 5 rings (SSSR count). The average Bonchev–Trinajstić information content (AvgIpc) is 2.99. The van der Waals surface area contributed by atoms with Gasteiger partial charge in [-0.1, -0.05) is 23.7 Å². The zero-order valence-electron chi connectivity index (χ0n) is 16.7. The van der Waals surface area contributed by atoms with E-state index in [0.29, 0.717) is 23.2 Å². The highest BCUT2D eigenvalue weighted by Crippen LogP contribution is 2.39. The summed E-state index contributed by atoms with van der Waals surface area (Å²) in [6.45, 7) is 0. The van der Waals surface area contributed by atoms with Gasteiger partial charge in [0.2, 0.25) is 5.95 Å². The maximum absolute atomic E-state index is 11.1. The number of carboxylic acids is 1. The summed E-state index contributed by atoms with van der Waals surface area (Å²) in [6, 6.07) is 12.1. The fraction of sp³-hybridized carbons (Fsp3) is 0.0417. The van der Waals surface area contributed by atoms with Gasteiger partial charge >= 0.3 is 5.97 Å². The standard InChI is InChI=1S/C24H16ClN5O2/c25-21-11-18(20-3-1-2-10-26-20)17-9-6-15-12-28-24(30-22(15)19(17)13-27-21)29-16-7-4-14(5-8-16)23(31)32/h1-5,7-13H,6H2,(H,31,32)(H,28,29,30). The summed E-state index contributed by atoms with van der Waals surface area (Å²) in [5.41, 5.74) is 6.12. The van der Waals surface area contributed by atoms with Crippen LogP contribution >= 0.6 is 11.6 Å². The molecule has 156 valence electrons. The number of carbonyl (C=O) groups is 1. The first-order chi connectivity index (χ1) is 15.6.